The number of halogens is 2. The van der Waals surface area contributed by atoms with Gasteiger partial charge >= 0.3 is 0 Å². The number of alkyl halides is 2. The first kappa shape index (κ1) is 20.8. The molecule has 8 unspecified atom stereocenters. The van der Waals surface area contributed by atoms with E-state index in [-0.39, 0.29) is 35.3 Å². The maximum absolute atomic E-state index is 14.3. The zero-order valence-corrected chi connectivity index (χ0v) is 17.7. The molecule has 4 aliphatic rings. The van der Waals surface area contributed by atoms with Gasteiger partial charge in [-0.15, -0.1) is 11.6 Å². The van der Waals surface area contributed by atoms with Gasteiger partial charge in [0.15, 0.2) is 0 Å². The van der Waals surface area contributed by atoms with Crippen molar-refractivity contribution in [3.05, 3.63) is 0 Å². The van der Waals surface area contributed by atoms with Crippen LogP contribution in [0, 0.1) is 17.8 Å². The largest absolute Gasteiger partial charge is 0.379 e. The maximum atomic E-state index is 14.3. The summed E-state index contributed by atoms with van der Waals surface area (Å²) in [4.78, 5) is 15.4. The topological polar surface area (TPSA) is 53.6 Å². The number of hydrogen-bond acceptors (Lipinski definition) is 4. The molecule has 160 valence electrons. The lowest BCUT2D eigenvalue weighted by Crippen LogP contribution is -2.51. The lowest BCUT2D eigenvalue weighted by atomic mass is 9.77. The summed E-state index contributed by atoms with van der Waals surface area (Å²) < 4.78 is 19.8. The number of nitrogens with zero attached hydrogens (tertiary/aromatic N) is 1. The van der Waals surface area contributed by atoms with Crippen molar-refractivity contribution in [3.63, 3.8) is 0 Å². The van der Waals surface area contributed by atoms with Crippen molar-refractivity contribution < 1.29 is 13.9 Å². The van der Waals surface area contributed by atoms with Gasteiger partial charge in [0.2, 0.25) is 5.91 Å². The number of morpholine rings is 1. The number of hydrogen-bond donors (Lipinski definition) is 2. The van der Waals surface area contributed by atoms with E-state index in [1.165, 1.54) is 0 Å². The van der Waals surface area contributed by atoms with Crippen LogP contribution >= 0.6 is 11.6 Å². The van der Waals surface area contributed by atoms with Crippen LogP contribution in [0.15, 0.2) is 0 Å². The van der Waals surface area contributed by atoms with Crippen molar-refractivity contribution in [2.45, 2.75) is 75.1 Å². The molecule has 0 aromatic heterocycles. The van der Waals surface area contributed by atoms with Crippen molar-refractivity contribution >= 4 is 17.5 Å². The van der Waals surface area contributed by atoms with Gasteiger partial charge in [0.25, 0.3) is 0 Å². The minimum absolute atomic E-state index is 0.0132. The van der Waals surface area contributed by atoms with Crippen LogP contribution in [0.1, 0.15) is 45.4 Å². The first-order valence-electron chi connectivity index (χ1n) is 11.1. The Balaban J connectivity index is 1.29. The minimum Gasteiger partial charge on any atom is -0.379 e. The van der Waals surface area contributed by atoms with Gasteiger partial charge in [-0.1, -0.05) is 6.92 Å². The van der Waals surface area contributed by atoms with Crippen LogP contribution in [0.3, 0.4) is 0 Å². The molecule has 2 N–H and O–H groups in total. The predicted octanol–water partition coefficient (Wildman–Crippen LogP) is 2.33. The number of ether oxygens (including phenoxy) is 1. The Hall–Kier alpha value is -0.430. The Labute approximate surface area is 173 Å². The normalized spacial score (nSPS) is 44.8. The van der Waals surface area contributed by atoms with Crippen LogP contribution in [0.2, 0.25) is 0 Å². The molecule has 0 spiro atoms. The van der Waals surface area contributed by atoms with Gasteiger partial charge in [-0.3, -0.25) is 9.69 Å². The van der Waals surface area contributed by atoms with E-state index in [2.05, 4.69) is 22.5 Å². The third-order valence-corrected chi connectivity index (χ3v) is 7.72. The lowest BCUT2D eigenvalue weighted by molar-refractivity contribution is -0.124. The summed E-state index contributed by atoms with van der Waals surface area (Å²) in [6.45, 7) is 6.79. The summed E-state index contributed by atoms with van der Waals surface area (Å²) in [7, 11) is 0. The van der Waals surface area contributed by atoms with Crippen LogP contribution in [0.5, 0.6) is 0 Å². The van der Waals surface area contributed by atoms with Gasteiger partial charge in [-0.05, 0) is 50.4 Å². The second kappa shape index (κ2) is 9.15. The van der Waals surface area contributed by atoms with Crippen molar-refractivity contribution in [1.29, 1.82) is 0 Å². The second-order valence-electron chi connectivity index (χ2n) is 9.50. The average molecular weight is 416 g/mol. The summed E-state index contributed by atoms with van der Waals surface area (Å²) >= 11 is 6.54. The molecule has 1 amide bonds. The number of fused-ring (bicyclic) bond motifs is 1. The molecule has 2 saturated heterocycles. The molecule has 2 aliphatic carbocycles. The third-order valence-electron chi connectivity index (χ3n) is 7.37. The highest BCUT2D eigenvalue weighted by atomic mass is 35.5. The van der Waals surface area contributed by atoms with Gasteiger partial charge in [-0.2, -0.15) is 0 Å². The van der Waals surface area contributed by atoms with E-state index in [0.29, 0.717) is 24.7 Å². The smallest absolute Gasteiger partial charge is 0.237 e. The van der Waals surface area contributed by atoms with Crippen molar-refractivity contribution in [1.82, 2.24) is 15.5 Å². The van der Waals surface area contributed by atoms with Crippen LogP contribution in [-0.2, 0) is 9.53 Å². The SMILES string of the molecule is CC1CCC(F)C2CC(C(=O)NC3CC(Cl)CC(CN4CCOCC4)C3)NC12. The molecule has 4 rings (SSSR count). The molecule has 2 saturated carbocycles. The molecule has 28 heavy (non-hydrogen) atoms. The highest BCUT2D eigenvalue weighted by Gasteiger charge is 2.46. The summed E-state index contributed by atoms with van der Waals surface area (Å²) in [5.74, 6) is 0.971. The van der Waals surface area contributed by atoms with E-state index < -0.39 is 6.17 Å². The monoisotopic (exact) mass is 415 g/mol. The summed E-state index contributed by atoms with van der Waals surface area (Å²) in [5, 5.41) is 6.80. The zero-order valence-electron chi connectivity index (χ0n) is 16.9. The highest BCUT2D eigenvalue weighted by Crippen LogP contribution is 2.39. The van der Waals surface area contributed by atoms with Crippen LogP contribution < -0.4 is 10.6 Å². The molecule has 2 heterocycles. The fourth-order valence-corrected chi connectivity index (χ4v) is 6.35. The third kappa shape index (κ3) is 4.82. The first-order chi connectivity index (χ1) is 13.5. The minimum atomic E-state index is -0.772. The Morgan fingerprint density at radius 3 is 2.75 bits per heavy atom. The van der Waals surface area contributed by atoms with E-state index in [0.717, 1.165) is 58.5 Å². The molecule has 0 radical (unpaired) electrons. The second-order valence-corrected chi connectivity index (χ2v) is 10.1. The van der Waals surface area contributed by atoms with E-state index in [1.807, 2.05) is 0 Å². The Bertz CT molecular complexity index is 530. The van der Waals surface area contributed by atoms with E-state index in [1.54, 1.807) is 0 Å². The number of amides is 1. The Kier molecular flexibility index (Phi) is 6.81. The molecular formula is C21H35ClFN3O2. The quantitative estimate of drug-likeness (QED) is 0.692. The van der Waals surface area contributed by atoms with Crippen LogP contribution in [0.4, 0.5) is 4.39 Å². The standard InChI is InChI=1S/C21H35ClFN3O2/c1-13-2-3-18(23)17-11-19(25-20(13)17)21(27)24-16-9-14(8-15(22)10-16)12-26-4-6-28-7-5-26/h13-20,25H,2-12H2,1H3,(H,24,27). The predicted molar refractivity (Wildman–Crippen MR) is 108 cm³/mol. The molecule has 0 aromatic carbocycles. The van der Waals surface area contributed by atoms with E-state index >= 15 is 0 Å². The first-order valence-corrected chi connectivity index (χ1v) is 11.6. The Morgan fingerprint density at radius 2 is 2.00 bits per heavy atom. The average Bonchev–Trinajstić information content (AvgIpc) is 3.12. The Morgan fingerprint density at radius 1 is 1.21 bits per heavy atom. The van der Waals surface area contributed by atoms with E-state index in [9.17, 15) is 9.18 Å². The molecule has 5 nitrogen and oxygen atoms in total. The lowest BCUT2D eigenvalue weighted by Gasteiger charge is -2.37. The van der Waals surface area contributed by atoms with Gasteiger partial charge in [0.1, 0.15) is 6.17 Å². The molecule has 0 aromatic rings. The summed E-state index contributed by atoms with van der Waals surface area (Å²) in [6, 6.07) is 0.000658. The van der Waals surface area contributed by atoms with Crippen molar-refractivity contribution in [2.24, 2.45) is 17.8 Å². The van der Waals surface area contributed by atoms with Gasteiger partial charge in [-0.25, -0.2) is 4.39 Å². The van der Waals surface area contributed by atoms with Gasteiger partial charge in [0, 0.05) is 43.0 Å². The fourth-order valence-electron chi connectivity index (χ4n) is 5.88. The number of rotatable bonds is 4. The maximum Gasteiger partial charge on any atom is 0.237 e. The highest BCUT2D eigenvalue weighted by molar-refractivity contribution is 6.20. The van der Waals surface area contributed by atoms with Crippen molar-refractivity contribution in [3.8, 4) is 0 Å². The summed E-state index contributed by atoms with van der Waals surface area (Å²) in [5.41, 5.74) is 0. The van der Waals surface area contributed by atoms with E-state index in [4.69, 9.17) is 16.3 Å². The van der Waals surface area contributed by atoms with Crippen LogP contribution in [0.25, 0.3) is 0 Å². The molecule has 2 aliphatic heterocycles. The van der Waals surface area contributed by atoms with Gasteiger partial charge in [0.05, 0.1) is 19.3 Å². The molecular weight excluding hydrogens is 381 g/mol. The number of nitrogens with one attached hydrogen (secondary N) is 2. The number of carbonyl (C=O) groups is 1. The number of carbonyl (C=O) groups excluding carboxylic acids is 1. The molecule has 7 heteroatoms. The van der Waals surface area contributed by atoms with Crippen LogP contribution in [-0.4, -0.2) is 73.3 Å². The molecule has 8 atom stereocenters. The van der Waals surface area contributed by atoms with Crippen molar-refractivity contribution in [2.75, 3.05) is 32.8 Å². The molecule has 0 bridgehead atoms. The van der Waals surface area contributed by atoms with Gasteiger partial charge < -0.3 is 15.4 Å². The molecule has 4 fully saturated rings. The zero-order chi connectivity index (χ0) is 19.7. The fraction of sp³-hybridized carbons (Fsp3) is 0.952. The summed E-state index contributed by atoms with van der Waals surface area (Å²) in [6.07, 6.45) is 4.21.